The molecule has 0 aliphatic carbocycles. The highest BCUT2D eigenvalue weighted by Crippen LogP contribution is 2.29. The van der Waals surface area contributed by atoms with E-state index in [1.807, 2.05) is 19.3 Å². The first-order valence-corrected chi connectivity index (χ1v) is 6.46. The summed E-state index contributed by atoms with van der Waals surface area (Å²) in [7, 11) is 1.71. The average Bonchev–Trinajstić information content (AvgIpc) is 2.76. The number of hydrogen-bond donors (Lipinski definition) is 0. The number of fused-ring (bicyclic) bond motifs is 1. The molecule has 1 heterocycles. The summed E-state index contributed by atoms with van der Waals surface area (Å²) in [6.45, 7) is 9.41. The van der Waals surface area contributed by atoms with E-state index in [9.17, 15) is 0 Å². The number of ether oxygens (including phenoxy) is 1. The molecule has 2 aromatic rings. The Morgan fingerprint density at radius 3 is 2.56 bits per heavy atom. The molecule has 3 heteroatoms. The molecule has 0 amide bonds. The minimum absolute atomic E-state index is 0.921. The Bertz CT molecular complexity index is 527. The van der Waals surface area contributed by atoms with Crippen LogP contribution in [-0.4, -0.2) is 25.1 Å². The van der Waals surface area contributed by atoms with Gasteiger partial charge in [-0.25, -0.2) is 0 Å². The van der Waals surface area contributed by atoms with Gasteiger partial charge >= 0.3 is 0 Å². The van der Waals surface area contributed by atoms with Crippen molar-refractivity contribution in [3.63, 3.8) is 0 Å². The smallest absolute Gasteiger partial charge is 0.134 e. The second kappa shape index (κ2) is 5.44. The lowest BCUT2D eigenvalue weighted by atomic mass is 10.1. The summed E-state index contributed by atoms with van der Waals surface area (Å²) in [6, 6.07) is 4.12. The van der Waals surface area contributed by atoms with Crippen LogP contribution in [-0.2, 0) is 6.54 Å². The Kier molecular flexibility index (Phi) is 3.92. The molecule has 3 nitrogen and oxygen atoms in total. The molecule has 0 saturated carbocycles. The lowest BCUT2D eigenvalue weighted by Crippen LogP contribution is -2.21. The predicted molar refractivity (Wildman–Crippen MR) is 74.1 cm³/mol. The SMILES string of the molecule is CCN(CC)Cc1coc2cc(C)c(OC)cc12. The van der Waals surface area contributed by atoms with E-state index in [0.29, 0.717) is 0 Å². The molecule has 0 unspecified atom stereocenters. The van der Waals surface area contributed by atoms with Crippen molar-refractivity contribution >= 4 is 11.0 Å². The Balaban J connectivity index is 2.40. The number of nitrogens with zero attached hydrogens (tertiary/aromatic N) is 1. The van der Waals surface area contributed by atoms with Gasteiger partial charge in [-0.2, -0.15) is 0 Å². The molecule has 0 spiro atoms. The number of hydrogen-bond acceptors (Lipinski definition) is 3. The maximum atomic E-state index is 5.64. The maximum Gasteiger partial charge on any atom is 0.134 e. The molecular formula is C15H21NO2. The number of methoxy groups -OCH3 is 1. The van der Waals surface area contributed by atoms with Crippen LogP contribution in [0, 0.1) is 6.92 Å². The van der Waals surface area contributed by atoms with Crippen molar-refractivity contribution in [2.75, 3.05) is 20.2 Å². The zero-order chi connectivity index (χ0) is 13.1. The van der Waals surface area contributed by atoms with Crippen molar-refractivity contribution < 1.29 is 9.15 Å². The Labute approximate surface area is 108 Å². The zero-order valence-corrected chi connectivity index (χ0v) is 11.6. The second-order valence-electron chi connectivity index (χ2n) is 4.54. The molecule has 1 aromatic carbocycles. The fourth-order valence-corrected chi connectivity index (χ4v) is 2.24. The minimum Gasteiger partial charge on any atom is -0.496 e. The number of benzene rings is 1. The molecule has 2 rings (SSSR count). The van der Waals surface area contributed by atoms with E-state index in [1.54, 1.807) is 7.11 Å². The van der Waals surface area contributed by atoms with Crippen molar-refractivity contribution in [2.45, 2.75) is 27.3 Å². The van der Waals surface area contributed by atoms with Crippen molar-refractivity contribution in [1.29, 1.82) is 0 Å². The van der Waals surface area contributed by atoms with Crippen LogP contribution in [0.1, 0.15) is 25.0 Å². The first kappa shape index (κ1) is 13.0. The third kappa shape index (κ3) is 2.36. The second-order valence-corrected chi connectivity index (χ2v) is 4.54. The molecule has 1 aromatic heterocycles. The van der Waals surface area contributed by atoms with E-state index < -0.39 is 0 Å². The average molecular weight is 247 g/mol. The molecule has 0 radical (unpaired) electrons. The van der Waals surface area contributed by atoms with Gasteiger partial charge in [-0.1, -0.05) is 13.8 Å². The van der Waals surface area contributed by atoms with Crippen molar-refractivity contribution in [1.82, 2.24) is 4.90 Å². The number of rotatable bonds is 5. The largest absolute Gasteiger partial charge is 0.496 e. The van der Waals surface area contributed by atoms with E-state index in [0.717, 1.165) is 41.9 Å². The van der Waals surface area contributed by atoms with Crippen molar-refractivity contribution in [3.8, 4) is 5.75 Å². The molecule has 0 N–H and O–H groups in total. The molecule has 0 aliphatic heterocycles. The molecule has 18 heavy (non-hydrogen) atoms. The van der Waals surface area contributed by atoms with Crippen LogP contribution in [0.4, 0.5) is 0 Å². The molecular weight excluding hydrogens is 226 g/mol. The number of furan rings is 1. The van der Waals surface area contributed by atoms with Gasteiger partial charge in [0.05, 0.1) is 13.4 Å². The monoisotopic (exact) mass is 247 g/mol. The van der Waals surface area contributed by atoms with Crippen LogP contribution in [0.3, 0.4) is 0 Å². The maximum absolute atomic E-state index is 5.64. The third-order valence-electron chi connectivity index (χ3n) is 3.46. The van der Waals surface area contributed by atoms with Crippen LogP contribution in [0.15, 0.2) is 22.8 Å². The van der Waals surface area contributed by atoms with Gasteiger partial charge in [-0.15, -0.1) is 0 Å². The van der Waals surface area contributed by atoms with Crippen molar-refractivity contribution in [2.24, 2.45) is 0 Å². The lowest BCUT2D eigenvalue weighted by molar-refractivity contribution is 0.295. The van der Waals surface area contributed by atoms with Gasteiger partial charge in [0.2, 0.25) is 0 Å². The molecule has 0 saturated heterocycles. The van der Waals surface area contributed by atoms with E-state index >= 15 is 0 Å². The Morgan fingerprint density at radius 2 is 1.94 bits per heavy atom. The van der Waals surface area contributed by atoms with Gasteiger partial charge in [0, 0.05) is 17.5 Å². The normalized spacial score (nSPS) is 11.4. The number of aryl methyl sites for hydroxylation is 1. The van der Waals surface area contributed by atoms with Gasteiger partial charge < -0.3 is 9.15 Å². The van der Waals surface area contributed by atoms with Gasteiger partial charge in [-0.3, -0.25) is 4.90 Å². The third-order valence-corrected chi connectivity index (χ3v) is 3.46. The Hall–Kier alpha value is -1.48. The molecule has 98 valence electrons. The highest BCUT2D eigenvalue weighted by Gasteiger charge is 2.11. The standard InChI is InChI=1S/C15H21NO2/c1-5-16(6-2)9-12-10-18-15-7-11(3)14(17-4)8-13(12)15/h7-8,10H,5-6,9H2,1-4H3. The van der Waals surface area contributed by atoms with E-state index in [1.165, 1.54) is 5.56 Å². The topological polar surface area (TPSA) is 25.6 Å². The summed E-state index contributed by atoms with van der Waals surface area (Å²) in [6.07, 6.45) is 1.86. The van der Waals surface area contributed by atoms with Gasteiger partial charge in [0.15, 0.2) is 0 Å². The molecule has 0 aliphatic rings. The zero-order valence-electron chi connectivity index (χ0n) is 11.6. The van der Waals surface area contributed by atoms with Gasteiger partial charge in [0.25, 0.3) is 0 Å². The van der Waals surface area contributed by atoms with Crippen LogP contribution in [0.2, 0.25) is 0 Å². The quantitative estimate of drug-likeness (QED) is 0.807. The van der Waals surface area contributed by atoms with Gasteiger partial charge in [0.1, 0.15) is 11.3 Å². The summed E-state index contributed by atoms with van der Waals surface area (Å²) >= 11 is 0. The van der Waals surface area contributed by atoms with Crippen LogP contribution in [0.5, 0.6) is 5.75 Å². The summed E-state index contributed by atoms with van der Waals surface area (Å²) in [5.41, 5.74) is 3.27. The highest BCUT2D eigenvalue weighted by molar-refractivity contribution is 5.83. The summed E-state index contributed by atoms with van der Waals surface area (Å²) in [5, 5.41) is 1.16. The van der Waals surface area contributed by atoms with Gasteiger partial charge in [-0.05, 0) is 37.7 Å². The van der Waals surface area contributed by atoms with E-state index in [-0.39, 0.29) is 0 Å². The summed E-state index contributed by atoms with van der Waals surface area (Å²) in [5.74, 6) is 0.921. The lowest BCUT2D eigenvalue weighted by Gasteiger charge is -2.17. The summed E-state index contributed by atoms with van der Waals surface area (Å²) in [4.78, 5) is 2.37. The van der Waals surface area contributed by atoms with Crippen LogP contribution in [0.25, 0.3) is 11.0 Å². The van der Waals surface area contributed by atoms with Crippen molar-refractivity contribution in [3.05, 3.63) is 29.5 Å². The first-order valence-electron chi connectivity index (χ1n) is 6.46. The fourth-order valence-electron chi connectivity index (χ4n) is 2.24. The minimum atomic E-state index is 0.921. The first-order chi connectivity index (χ1) is 8.69. The Morgan fingerprint density at radius 1 is 1.22 bits per heavy atom. The van der Waals surface area contributed by atoms with Crippen LogP contribution < -0.4 is 4.74 Å². The molecule has 0 fully saturated rings. The van der Waals surface area contributed by atoms with Crippen LogP contribution >= 0.6 is 0 Å². The summed E-state index contributed by atoms with van der Waals surface area (Å²) < 4.78 is 11.0. The molecule has 0 bridgehead atoms. The molecule has 0 atom stereocenters. The highest BCUT2D eigenvalue weighted by atomic mass is 16.5. The fraction of sp³-hybridized carbons (Fsp3) is 0.467. The van der Waals surface area contributed by atoms with E-state index in [4.69, 9.17) is 9.15 Å². The predicted octanol–water partition coefficient (Wildman–Crippen LogP) is 3.59. The van der Waals surface area contributed by atoms with E-state index in [2.05, 4.69) is 24.8 Å².